The molecule has 8 heteroatoms. The fraction of sp³-hybridized carbons (Fsp3) is 0.409. The number of nitrogens with one attached hydrogen (secondary N) is 1. The van der Waals surface area contributed by atoms with Crippen molar-refractivity contribution in [2.45, 2.75) is 31.5 Å². The van der Waals surface area contributed by atoms with Crippen molar-refractivity contribution in [2.75, 3.05) is 26.2 Å². The van der Waals surface area contributed by atoms with Crippen LogP contribution in [-0.2, 0) is 11.3 Å². The molecule has 1 aliphatic carbocycles. The third-order valence-electron chi connectivity index (χ3n) is 5.80. The van der Waals surface area contributed by atoms with E-state index in [0.717, 1.165) is 55.2 Å². The lowest BCUT2D eigenvalue weighted by atomic mass is 10.0. The lowest BCUT2D eigenvalue weighted by Crippen LogP contribution is -2.51. The molecule has 2 aromatic heterocycles. The fourth-order valence-corrected chi connectivity index (χ4v) is 4.79. The first kappa shape index (κ1) is 19.4. The number of rotatable bonds is 6. The Morgan fingerprint density at radius 1 is 1.17 bits per heavy atom. The van der Waals surface area contributed by atoms with E-state index in [1.807, 2.05) is 35.7 Å². The molecule has 1 atom stereocenters. The van der Waals surface area contributed by atoms with Gasteiger partial charge >= 0.3 is 0 Å². The molecule has 0 radical (unpaired) electrons. The molecule has 2 fully saturated rings. The largest absolute Gasteiger partial charge is 0.352 e. The number of benzene rings is 1. The summed E-state index contributed by atoms with van der Waals surface area (Å²) in [5.41, 5.74) is 1.82. The molecule has 0 spiro atoms. The van der Waals surface area contributed by atoms with E-state index >= 15 is 0 Å². The second kappa shape index (κ2) is 8.29. The summed E-state index contributed by atoms with van der Waals surface area (Å²) in [5, 5.41) is 5.06. The van der Waals surface area contributed by atoms with Crippen molar-refractivity contribution in [3.63, 3.8) is 0 Å². The van der Waals surface area contributed by atoms with Crippen LogP contribution in [0, 0.1) is 0 Å². The lowest BCUT2D eigenvalue weighted by molar-refractivity contribution is -0.127. The maximum atomic E-state index is 13.0. The van der Waals surface area contributed by atoms with E-state index in [1.165, 1.54) is 11.3 Å². The number of carbonyl (C=O) groups excluding carboxylic acids is 1. The van der Waals surface area contributed by atoms with E-state index in [9.17, 15) is 9.59 Å². The third kappa shape index (κ3) is 4.16. The van der Waals surface area contributed by atoms with Crippen molar-refractivity contribution in [1.29, 1.82) is 0 Å². The normalized spacial score (nSPS) is 19.1. The van der Waals surface area contributed by atoms with Gasteiger partial charge in [-0.3, -0.25) is 23.8 Å². The van der Waals surface area contributed by atoms with Crippen LogP contribution in [0.15, 0.2) is 52.8 Å². The van der Waals surface area contributed by atoms with Crippen LogP contribution >= 0.6 is 11.3 Å². The highest BCUT2D eigenvalue weighted by Crippen LogP contribution is 2.26. The zero-order valence-corrected chi connectivity index (χ0v) is 17.6. The molecule has 1 amide bonds. The first-order valence-electron chi connectivity index (χ1n) is 10.4. The molecule has 1 saturated carbocycles. The Morgan fingerprint density at radius 2 is 1.93 bits per heavy atom. The summed E-state index contributed by atoms with van der Waals surface area (Å²) in [5.74, 6) is 0.106. The van der Waals surface area contributed by atoms with Gasteiger partial charge in [0.2, 0.25) is 5.91 Å². The Bertz CT molecular complexity index is 1080. The van der Waals surface area contributed by atoms with Crippen LogP contribution < -0.4 is 10.9 Å². The van der Waals surface area contributed by atoms with E-state index in [4.69, 9.17) is 0 Å². The number of aromatic nitrogens is 2. The molecular formula is C22H25N5O2S. The van der Waals surface area contributed by atoms with Gasteiger partial charge in [0.15, 0.2) is 4.96 Å². The van der Waals surface area contributed by atoms with Crippen LogP contribution in [0.2, 0.25) is 0 Å². The number of carbonyl (C=O) groups is 1. The van der Waals surface area contributed by atoms with Gasteiger partial charge in [-0.25, -0.2) is 4.98 Å². The quantitative estimate of drug-likeness (QED) is 0.656. The summed E-state index contributed by atoms with van der Waals surface area (Å²) in [6.45, 7) is 3.94. The summed E-state index contributed by atoms with van der Waals surface area (Å²) in [6, 6.07) is 11.8. The lowest BCUT2D eigenvalue weighted by Gasteiger charge is -2.38. The zero-order valence-electron chi connectivity index (χ0n) is 16.7. The van der Waals surface area contributed by atoms with Crippen LogP contribution in [0.1, 0.15) is 30.1 Å². The minimum Gasteiger partial charge on any atom is -0.352 e. The minimum absolute atomic E-state index is 0.0317. The standard InChI is InChI=1S/C22H25N5O2S/c28-19-14-18(24-22-27(19)12-13-30-22)15-25-8-10-26(11-9-25)20(16-4-2-1-3-5-16)21(29)23-17-6-7-17/h1-5,12-14,17,20H,6-11,15H2,(H,23,29). The van der Waals surface area contributed by atoms with Crippen molar-refractivity contribution in [1.82, 2.24) is 24.5 Å². The second-order valence-electron chi connectivity index (χ2n) is 8.05. The Balaban J connectivity index is 1.27. The van der Waals surface area contributed by atoms with Crippen molar-refractivity contribution in [3.8, 4) is 0 Å². The number of hydrogen-bond donors (Lipinski definition) is 1. The SMILES string of the molecule is O=C(NC1CC1)C(c1ccccc1)N1CCN(Cc2cc(=O)n3ccsc3n2)CC1. The summed E-state index contributed by atoms with van der Waals surface area (Å²) in [6.07, 6.45) is 3.93. The number of piperazine rings is 1. The van der Waals surface area contributed by atoms with Gasteiger partial charge in [-0.2, -0.15) is 0 Å². The molecular weight excluding hydrogens is 398 g/mol. The maximum absolute atomic E-state index is 13.0. The highest BCUT2D eigenvalue weighted by molar-refractivity contribution is 7.15. The molecule has 1 aliphatic heterocycles. The van der Waals surface area contributed by atoms with Crippen molar-refractivity contribution in [2.24, 2.45) is 0 Å². The average molecular weight is 424 g/mol. The summed E-state index contributed by atoms with van der Waals surface area (Å²) in [7, 11) is 0. The summed E-state index contributed by atoms with van der Waals surface area (Å²) >= 11 is 1.47. The molecule has 1 aromatic carbocycles. The van der Waals surface area contributed by atoms with E-state index in [1.54, 1.807) is 16.7 Å². The molecule has 3 aromatic rings. The monoisotopic (exact) mass is 423 g/mol. The predicted octanol–water partition coefficient (Wildman–Crippen LogP) is 1.89. The van der Waals surface area contributed by atoms with Crippen LogP contribution in [0.25, 0.3) is 4.96 Å². The van der Waals surface area contributed by atoms with E-state index in [2.05, 4.69) is 20.1 Å². The van der Waals surface area contributed by atoms with Crippen LogP contribution in [-0.4, -0.2) is 57.3 Å². The second-order valence-corrected chi connectivity index (χ2v) is 8.92. The molecule has 0 bridgehead atoms. The van der Waals surface area contributed by atoms with Crippen LogP contribution in [0.4, 0.5) is 0 Å². The van der Waals surface area contributed by atoms with E-state index in [-0.39, 0.29) is 17.5 Å². The van der Waals surface area contributed by atoms with Crippen LogP contribution in [0.5, 0.6) is 0 Å². The molecule has 156 valence electrons. The van der Waals surface area contributed by atoms with Gasteiger partial charge in [-0.1, -0.05) is 30.3 Å². The topological polar surface area (TPSA) is 70.0 Å². The number of fused-ring (bicyclic) bond motifs is 1. The zero-order chi connectivity index (χ0) is 20.5. The van der Waals surface area contributed by atoms with E-state index in [0.29, 0.717) is 12.6 Å². The highest BCUT2D eigenvalue weighted by Gasteiger charge is 2.33. The van der Waals surface area contributed by atoms with Gasteiger partial charge in [-0.15, -0.1) is 11.3 Å². The Hall–Kier alpha value is -2.55. The van der Waals surface area contributed by atoms with Crippen molar-refractivity contribution >= 4 is 22.2 Å². The molecule has 7 nitrogen and oxygen atoms in total. The van der Waals surface area contributed by atoms with E-state index < -0.39 is 0 Å². The van der Waals surface area contributed by atoms with Gasteiger partial charge in [0.05, 0.1) is 5.69 Å². The average Bonchev–Trinajstić information content (AvgIpc) is 3.43. The molecule has 1 saturated heterocycles. The number of hydrogen-bond acceptors (Lipinski definition) is 6. The highest BCUT2D eigenvalue weighted by atomic mass is 32.1. The molecule has 30 heavy (non-hydrogen) atoms. The maximum Gasteiger partial charge on any atom is 0.258 e. The first-order chi connectivity index (χ1) is 14.7. The van der Waals surface area contributed by atoms with Crippen LogP contribution in [0.3, 0.4) is 0 Å². The number of amides is 1. The molecule has 1 unspecified atom stereocenters. The van der Waals surface area contributed by atoms with Gasteiger partial charge in [0, 0.05) is 56.4 Å². The van der Waals surface area contributed by atoms with Gasteiger partial charge in [0.25, 0.3) is 5.56 Å². The van der Waals surface area contributed by atoms with Gasteiger partial charge < -0.3 is 5.32 Å². The number of nitrogens with zero attached hydrogens (tertiary/aromatic N) is 4. The Morgan fingerprint density at radius 3 is 2.67 bits per heavy atom. The van der Waals surface area contributed by atoms with Gasteiger partial charge in [0.1, 0.15) is 6.04 Å². The smallest absolute Gasteiger partial charge is 0.258 e. The molecule has 3 heterocycles. The third-order valence-corrected chi connectivity index (χ3v) is 6.56. The van der Waals surface area contributed by atoms with Crippen molar-refractivity contribution in [3.05, 3.63) is 69.6 Å². The summed E-state index contributed by atoms with van der Waals surface area (Å²) in [4.78, 5) is 35.2. The Kier molecular flexibility index (Phi) is 5.37. The predicted molar refractivity (Wildman–Crippen MR) is 117 cm³/mol. The minimum atomic E-state index is -0.251. The van der Waals surface area contributed by atoms with Crippen molar-refractivity contribution < 1.29 is 4.79 Å². The molecule has 1 N–H and O–H groups in total. The number of thiazole rings is 1. The molecule has 2 aliphatic rings. The first-order valence-corrected chi connectivity index (χ1v) is 11.3. The Labute approximate surface area is 179 Å². The fourth-order valence-electron chi connectivity index (χ4n) is 4.05. The molecule has 5 rings (SSSR count). The summed E-state index contributed by atoms with van der Waals surface area (Å²) < 4.78 is 1.58. The van der Waals surface area contributed by atoms with Gasteiger partial charge in [-0.05, 0) is 18.4 Å².